The van der Waals surface area contributed by atoms with Gasteiger partial charge in [-0.3, -0.25) is 14.9 Å². The molecule has 4 aromatic carbocycles. The Balaban J connectivity index is 1.80. The number of nitrogens with zero attached hydrogens (tertiary/aromatic N) is 2. The minimum absolute atomic E-state index is 0.0365. The van der Waals surface area contributed by atoms with Gasteiger partial charge in [0.15, 0.2) is 5.78 Å². The number of non-ortho nitro benzene ring substituents is 1. The second-order valence-electron chi connectivity index (χ2n) is 10.00. The zero-order valence-electron chi connectivity index (χ0n) is 21.7. The Morgan fingerprint density at radius 3 is 2.35 bits per heavy atom. The van der Waals surface area contributed by atoms with Crippen molar-refractivity contribution in [3.05, 3.63) is 99.6 Å². The summed E-state index contributed by atoms with van der Waals surface area (Å²) in [5, 5.41) is 15.3. The molecule has 5 rings (SSSR count). The van der Waals surface area contributed by atoms with Crippen LogP contribution in [0.3, 0.4) is 0 Å². The predicted molar refractivity (Wildman–Crippen MR) is 152 cm³/mol. The molecule has 37 heavy (non-hydrogen) atoms. The number of carbonyl (C=O) groups excluding carboxylic acids is 1. The second-order valence-corrected chi connectivity index (χ2v) is 10.00. The Labute approximate surface area is 216 Å². The Hall–Kier alpha value is -3.99. The van der Waals surface area contributed by atoms with Crippen molar-refractivity contribution in [3.63, 3.8) is 0 Å². The van der Waals surface area contributed by atoms with E-state index in [0.717, 1.165) is 58.6 Å². The molecule has 5 aromatic rings. The van der Waals surface area contributed by atoms with Gasteiger partial charge in [0.1, 0.15) is 0 Å². The van der Waals surface area contributed by atoms with Gasteiger partial charge in [0.2, 0.25) is 0 Å². The van der Waals surface area contributed by atoms with Gasteiger partial charge in [-0.25, -0.2) is 0 Å². The molecule has 0 bridgehead atoms. The Morgan fingerprint density at radius 2 is 1.65 bits per heavy atom. The second kappa shape index (κ2) is 10.2. The first-order valence-electron chi connectivity index (χ1n) is 13.2. The smallest absolute Gasteiger partial charge is 0.277 e. The van der Waals surface area contributed by atoms with Crippen molar-refractivity contribution < 1.29 is 9.72 Å². The molecule has 0 N–H and O–H groups in total. The van der Waals surface area contributed by atoms with Crippen molar-refractivity contribution in [2.75, 3.05) is 0 Å². The summed E-state index contributed by atoms with van der Waals surface area (Å²) in [5.41, 5.74) is 4.31. The molecule has 0 spiro atoms. The highest BCUT2D eigenvalue weighted by molar-refractivity contribution is 6.21. The van der Waals surface area contributed by atoms with E-state index < -0.39 is 0 Å². The van der Waals surface area contributed by atoms with E-state index in [1.807, 2.05) is 73.7 Å². The van der Waals surface area contributed by atoms with Crippen LogP contribution in [-0.4, -0.2) is 15.3 Å². The van der Waals surface area contributed by atoms with Crippen molar-refractivity contribution in [3.8, 4) is 0 Å². The van der Waals surface area contributed by atoms with E-state index >= 15 is 0 Å². The van der Waals surface area contributed by atoms with Crippen molar-refractivity contribution in [1.29, 1.82) is 0 Å². The monoisotopic (exact) mass is 492 g/mol. The van der Waals surface area contributed by atoms with Crippen molar-refractivity contribution in [2.45, 2.75) is 53.0 Å². The lowest BCUT2D eigenvalue weighted by Gasteiger charge is -2.18. The number of unbranched alkanes of at least 4 members (excludes halogenated alkanes) is 1. The molecule has 1 aromatic heterocycles. The summed E-state index contributed by atoms with van der Waals surface area (Å²) >= 11 is 0. The Morgan fingerprint density at radius 1 is 0.919 bits per heavy atom. The molecule has 1 unspecified atom stereocenters. The molecule has 0 fully saturated rings. The molecule has 0 radical (unpaired) electrons. The summed E-state index contributed by atoms with van der Waals surface area (Å²) < 4.78 is 2.34. The third-order valence-corrected chi connectivity index (χ3v) is 7.67. The molecule has 1 atom stereocenters. The number of ketones is 1. The van der Waals surface area contributed by atoms with Crippen LogP contribution < -0.4 is 0 Å². The maximum atomic E-state index is 13.5. The maximum absolute atomic E-state index is 13.5. The van der Waals surface area contributed by atoms with Gasteiger partial charge in [0.25, 0.3) is 5.69 Å². The SMILES string of the molecule is CCCCC(CC)Cn1c2ccc(C(=O)c3ccccc3C)cc2c2cc([N+](=O)[O-])c3ccccc3c21. The van der Waals surface area contributed by atoms with Crippen LogP contribution in [-0.2, 0) is 6.54 Å². The molecule has 0 saturated heterocycles. The van der Waals surface area contributed by atoms with Crippen molar-refractivity contribution >= 4 is 44.0 Å². The van der Waals surface area contributed by atoms with Crippen LogP contribution in [0.5, 0.6) is 0 Å². The van der Waals surface area contributed by atoms with E-state index in [9.17, 15) is 14.9 Å². The highest BCUT2D eigenvalue weighted by atomic mass is 16.6. The van der Waals surface area contributed by atoms with Gasteiger partial charge < -0.3 is 4.57 Å². The fourth-order valence-electron chi connectivity index (χ4n) is 5.59. The molecular formula is C32H32N2O3. The number of carbonyl (C=O) groups is 1. The Bertz CT molecular complexity index is 1650. The number of fused-ring (bicyclic) bond motifs is 5. The fourth-order valence-corrected chi connectivity index (χ4v) is 5.59. The molecule has 0 aliphatic heterocycles. The average Bonchev–Trinajstić information content (AvgIpc) is 3.23. The summed E-state index contributed by atoms with van der Waals surface area (Å²) in [6, 6.07) is 22.7. The van der Waals surface area contributed by atoms with Gasteiger partial charge >= 0.3 is 0 Å². The average molecular weight is 493 g/mol. The third-order valence-electron chi connectivity index (χ3n) is 7.67. The third kappa shape index (κ3) is 4.39. The molecule has 188 valence electrons. The fraction of sp³-hybridized carbons (Fsp3) is 0.281. The van der Waals surface area contributed by atoms with Crippen LogP contribution in [0.4, 0.5) is 5.69 Å². The molecule has 0 saturated carbocycles. The van der Waals surface area contributed by atoms with Crippen molar-refractivity contribution in [1.82, 2.24) is 4.57 Å². The number of hydrogen-bond acceptors (Lipinski definition) is 3. The largest absolute Gasteiger partial charge is 0.340 e. The first-order chi connectivity index (χ1) is 17.9. The lowest BCUT2D eigenvalue weighted by Crippen LogP contribution is -2.10. The first kappa shape index (κ1) is 24.7. The molecule has 0 aliphatic rings. The summed E-state index contributed by atoms with van der Waals surface area (Å²) in [7, 11) is 0. The number of benzene rings is 4. The van der Waals surface area contributed by atoms with Gasteiger partial charge in [0, 0.05) is 45.4 Å². The topological polar surface area (TPSA) is 65.1 Å². The van der Waals surface area contributed by atoms with Gasteiger partial charge in [-0.15, -0.1) is 0 Å². The quantitative estimate of drug-likeness (QED) is 0.117. The maximum Gasteiger partial charge on any atom is 0.277 e. The lowest BCUT2D eigenvalue weighted by atomic mass is 9.97. The number of nitro benzene ring substituents is 1. The number of hydrogen-bond donors (Lipinski definition) is 0. The lowest BCUT2D eigenvalue weighted by molar-refractivity contribution is -0.382. The van der Waals surface area contributed by atoms with Gasteiger partial charge in [-0.1, -0.05) is 75.6 Å². The zero-order valence-corrected chi connectivity index (χ0v) is 21.7. The van der Waals surface area contributed by atoms with Crippen molar-refractivity contribution in [2.24, 2.45) is 5.92 Å². The van der Waals surface area contributed by atoms with Crippen LogP contribution in [0.2, 0.25) is 0 Å². The van der Waals surface area contributed by atoms with Gasteiger partial charge in [-0.05, 0) is 49.1 Å². The van der Waals surface area contributed by atoms with Crippen LogP contribution in [0.1, 0.15) is 61.0 Å². The molecule has 0 amide bonds. The first-order valence-corrected chi connectivity index (χ1v) is 13.2. The van der Waals surface area contributed by atoms with E-state index in [1.165, 1.54) is 6.42 Å². The normalized spacial score (nSPS) is 12.4. The number of rotatable bonds is 9. The predicted octanol–water partition coefficient (Wildman–Crippen LogP) is 8.61. The van der Waals surface area contributed by atoms with Crippen LogP contribution in [0.15, 0.2) is 72.8 Å². The zero-order chi connectivity index (χ0) is 26.1. The minimum atomic E-state index is -0.302. The van der Waals surface area contributed by atoms with Gasteiger partial charge in [-0.2, -0.15) is 0 Å². The summed E-state index contributed by atoms with van der Waals surface area (Å²) in [4.78, 5) is 25.3. The highest BCUT2D eigenvalue weighted by Crippen LogP contribution is 2.40. The van der Waals surface area contributed by atoms with E-state index in [2.05, 4.69) is 18.4 Å². The number of aryl methyl sites for hydroxylation is 1. The van der Waals surface area contributed by atoms with E-state index in [1.54, 1.807) is 6.07 Å². The number of nitro groups is 1. The van der Waals surface area contributed by atoms with E-state index in [4.69, 9.17) is 0 Å². The Kier molecular flexibility index (Phi) is 6.79. The standard InChI is InChI=1S/C32H32N2O3/c1-4-6-12-22(5-2)20-33-29-17-16-23(32(35)24-13-8-7-11-21(24)3)18-27(29)28-19-30(34(36)37)25-14-9-10-15-26(25)31(28)33/h7-11,13-19,22H,4-6,12,20H2,1-3H3. The van der Waals surface area contributed by atoms with Crippen LogP contribution >= 0.6 is 0 Å². The molecule has 1 heterocycles. The number of aromatic nitrogens is 1. The van der Waals surface area contributed by atoms with E-state index in [0.29, 0.717) is 22.4 Å². The van der Waals surface area contributed by atoms with Crippen LogP contribution in [0, 0.1) is 23.0 Å². The molecular weight excluding hydrogens is 460 g/mol. The summed E-state index contributed by atoms with van der Waals surface area (Å²) in [5.74, 6) is 0.464. The minimum Gasteiger partial charge on any atom is -0.340 e. The van der Waals surface area contributed by atoms with Gasteiger partial charge in [0.05, 0.1) is 15.8 Å². The molecule has 5 heteroatoms. The molecule has 0 aliphatic carbocycles. The van der Waals surface area contributed by atoms with Crippen LogP contribution in [0.25, 0.3) is 32.6 Å². The highest BCUT2D eigenvalue weighted by Gasteiger charge is 2.23. The summed E-state index contributed by atoms with van der Waals surface area (Å²) in [6.07, 6.45) is 4.54. The summed E-state index contributed by atoms with van der Waals surface area (Å²) in [6.45, 7) is 7.22. The molecule has 5 nitrogen and oxygen atoms in total. The van der Waals surface area contributed by atoms with E-state index in [-0.39, 0.29) is 16.4 Å².